The average molecular weight is 241 g/mol. The lowest BCUT2D eigenvalue weighted by Gasteiger charge is -2.02. The molecule has 1 aromatic carbocycles. The standard InChI is InChI=1S/C10H6Cl2N2O/c11-9(12)8(6-13)14-10(15)7-4-2-1-3-5-7/h1-5H,(H,14,15). The zero-order valence-corrected chi connectivity index (χ0v) is 9.01. The third kappa shape index (κ3) is 3.28. The fraction of sp³-hybridized carbons (Fsp3) is 0. The highest BCUT2D eigenvalue weighted by Gasteiger charge is 2.08. The predicted octanol–water partition coefficient (Wildman–Crippen LogP) is 2.59. The van der Waals surface area contributed by atoms with Crippen molar-refractivity contribution in [1.29, 1.82) is 5.26 Å². The summed E-state index contributed by atoms with van der Waals surface area (Å²) < 4.78 is -0.262. The van der Waals surface area contributed by atoms with Crippen molar-refractivity contribution in [2.75, 3.05) is 0 Å². The van der Waals surface area contributed by atoms with Gasteiger partial charge in [0, 0.05) is 5.56 Å². The lowest BCUT2D eigenvalue weighted by molar-refractivity contribution is 0.0967. The van der Waals surface area contributed by atoms with E-state index in [0.717, 1.165) is 0 Å². The molecule has 0 bridgehead atoms. The number of hydrogen-bond acceptors (Lipinski definition) is 2. The number of amides is 1. The minimum Gasteiger partial charge on any atom is -0.311 e. The lowest BCUT2D eigenvalue weighted by Crippen LogP contribution is -2.22. The Morgan fingerprint density at radius 3 is 2.33 bits per heavy atom. The Morgan fingerprint density at radius 2 is 1.87 bits per heavy atom. The summed E-state index contributed by atoms with van der Waals surface area (Å²) in [5.74, 6) is -0.425. The molecule has 1 N–H and O–H groups in total. The number of rotatable bonds is 2. The van der Waals surface area contributed by atoms with Crippen molar-refractivity contribution in [3.05, 3.63) is 46.1 Å². The molecule has 5 heteroatoms. The normalized spacial score (nSPS) is 8.87. The van der Waals surface area contributed by atoms with Gasteiger partial charge in [-0.05, 0) is 12.1 Å². The Bertz CT molecular complexity index is 430. The van der Waals surface area contributed by atoms with Gasteiger partial charge < -0.3 is 5.32 Å². The topological polar surface area (TPSA) is 52.9 Å². The predicted molar refractivity (Wildman–Crippen MR) is 58.3 cm³/mol. The Morgan fingerprint density at radius 1 is 1.27 bits per heavy atom. The maximum absolute atomic E-state index is 11.5. The molecule has 0 saturated carbocycles. The molecule has 0 atom stereocenters. The third-order valence-electron chi connectivity index (χ3n) is 1.58. The van der Waals surface area contributed by atoms with E-state index in [2.05, 4.69) is 5.32 Å². The van der Waals surface area contributed by atoms with Crippen LogP contribution in [0.1, 0.15) is 10.4 Å². The van der Waals surface area contributed by atoms with Crippen LogP contribution >= 0.6 is 23.2 Å². The highest BCUT2D eigenvalue weighted by Crippen LogP contribution is 2.11. The van der Waals surface area contributed by atoms with Crippen LogP contribution in [-0.4, -0.2) is 5.91 Å². The summed E-state index contributed by atoms with van der Waals surface area (Å²) in [6, 6.07) is 10.1. The van der Waals surface area contributed by atoms with Crippen molar-refractivity contribution >= 4 is 29.1 Å². The van der Waals surface area contributed by atoms with Gasteiger partial charge in [-0.25, -0.2) is 0 Å². The molecule has 0 spiro atoms. The van der Waals surface area contributed by atoms with Crippen molar-refractivity contribution in [2.24, 2.45) is 0 Å². The van der Waals surface area contributed by atoms with E-state index in [0.29, 0.717) is 5.56 Å². The van der Waals surface area contributed by atoms with E-state index >= 15 is 0 Å². The van der Waals surface area contributed by atoms with Gasteiger partial charge in [0.05, 0.1) is 0 Å². The fourth-order valence-corrected chi connectivity index (χ4v) is 1.07. The molecular formula is C10H6Cl2N2O. The number of carbonyl (C=O) groups is 1. The quantitative estimate of drug-likeness (QED) is 0.809. The number of nitriles is 1. The molecular weight excluding hydrogens is 235 g/mol. The first-order valence-corrected chi connectivity index (χ1v) is 4.72. The molecule has 1 amide bonds. The monoisotopic (exact) mass is 240 g/mol. The number of allylic oxidation sites excluding steroid dienone is 1. The van der Waals surface area contributed by atoms with Crippen LogP contribution in [0.2, 0.25) is 0 Å². The fourth-order valence-electron chi connectivity index (χ4n) is 0.893. The summed E-state index contributed by atoms with van der Waals surface area (Å²) in [7, 11) is 0. The molecule has 0 aliphatic rings. The van der Waals surface area contributed by atoms with Gasteiger partial charge in [0.2, 0.25) is 0 Å². The zero-order valence-electron chi connectivity index (χ0n) is 7.50. The van der Waals surface area contributed by atoms with Gasteiger partial charge in [-0.15, -0.1) is 0 Å². The van der Waals surface area contributed by atoms with E-state index in [1.54, 1.807) is 36.4 Å². The third-order valence-corrected chi connectivity index (χ3v) is 1.95. The molecule has 0 fully saturated rings. The van der Waals surface area contributed by atoms with Crippen LogP contribution in [0.3, 0.4) is 0 Å². The van der Waals surface area contributed by atoms with Crippen molar-refractivity contribution in [3.63, 3.8) is 0 Å². The Hall–Kier alpha value is -1.50. The van der Waals surface area contributed by atoms with Crippen LogP contribution in [0.4, 0.5) is 0 Å². The SMILES string of the molecule is N#CC(NC(=O)c1ccccc1)=C(Cl)Cl. The van der Waals surface area contributed by atoms with Gasteiger partial charge >= 0.3 is 0 Å². The van der Waals surface area contributed by atoms with E-state index in [1.807, 2.05) is 0 Å². The van der Waals surface area contributed by atoms with Crippen molar-refractivity contribution in [1.82, 2.24) is 5.32 Å². The number of halogens is 2. The number of benzene rings is 1. The molecule has 0 aromatic heterocycles. The van der Waals surface area contributed by atoms with E-state index in [-0.39, 0.29) is 10.2 Å². The van der Waals surface area contributed by atoms with Crippen molar-refractivity contribution < 1.29 is 4.79 Å². The summed E-state index contributed by atoms with van der Waals surface area (Å²) in [5, 5.41) is 10.9. The summed E-state index contributed by atoms with van der Waals surface area (Å²) in [6.07, 6.45) is 0. The van der Waals surface area contributed by atoms with Gasteiger partial charge in [0.15, 0.2) is 5.70 Å². The zero-order chi connectivity index (χ0) is 11.3. The Kier molecular flexibility index (Phi) is 4.17. The molecule has 1 aromatic rings. The summed E-state index contributed by atoms with van der Waals surface area (Å²) in [6.45, 7) is 0. The molecule has 0 aliphatic carbocycles. The first-order chi connectivity index (χ1) is 7.15. The molecule has 76 valence electrons. The van der Waals surface area contributed by atoms with Crippen molar-refractivity contribution in [3.8, 4) is 6.07 Å². The maximum atomic E-state index is 11.5. The Labute approximate surface area is 96.9 Å². The minimum atomic E-state index is -0.425. The van der Waals surface area contributed by atoms with Crippen molar-refractivity contribution in [2.45, 2.75) is 0 Å². The minimum absolute atomic E-state index is 0.160. The van der Waals surface area contributed by atoms with Crippen LogP contribution < -0.4 is 5.32 Å². The van der Waals surface area contributed by atoms with Gasteiger partial charge in [-0.1, -0.05) is 41.4 Å². The van der Waals surface area contributed by atoms with E-state index in [9.17, 15) is 4.79 Å². The molecule has 15 heavy (non-hydrogen) atoms. The summed E-state index contributed by atoms with van der Waals surface area (Å²) in [5.41, 5.74) is 0.270. The molecule has 0 saturated heterocycles. The number of nitrogens with zero attached hydrogens (tertiary/aromatic N) is 1. The van der Waals surface area contributed by atoms with Gasteiger partial charge in [0.25, 0.3) is 5.91 Å². The van der Waals surface area contributed by atoms with Crippen LogP contribution in [-0.2, 0) is 0 Å². The average Bonchev–Trinajstić information content (AvgIpc) is 2.26. The molecule has 0 heterocycles. The molecule has 0 radical (unpaired) electrons. The number of hydrogen-bond donors (Lipinski definition) is 1. The van der Waals surface area contributed by atoms with Gasteiger partial charge in [-0.3, -0.25) is 4.79 Å². The van der Waals surface area contributed by atoms with Crippen LogP contribution in [0, 0.1) is 11.3 Å². The highest BCUT2D eigenvalue weighted by atomic mass is 35.5. The molecule has 3 nitrogen and oxygen atoms in total. The largest absolute Gasteiger partial charge is 0.311 e. The second-order valence-electron chi connectivity index (χ2n) is 2.57. The molecule has 0 aliphatic heterocycles. The highest BCUT2D eigenvalue weighted by molar-refractivity contribution is 6.56. The van der Waals surface area contributed by atoms with E-state index < -0.39 is 5.91 Å². The van der Waals surface area contributed by atoms with E-state index in [1.165, 1.54) is 0 Å². The first-order valence-electron chi connectivity index (χ1n) is 3.97. The second kappa shape index (κ2) is 5.40. The summed E-state index contributed by atoms with van der Waals surface area (Å²) >= 11 is 10.8. The molecule has 0 unspecified atom stereocenters. The van der Waals surface area contributed by atoms with Crippen LogP contribution in [0.5, 0.6) is 0 Å². The number of nitrogens with one attached hydrogen (secondary N) is 1. The lowest BCUT2D eigenvalue weighted by atomic mass is 10.2. The van der Waals surface area contributed by atoms with Crippen LogP contribution in [0.25, 0.3) is 0 Å². The summed E-state index contributed by atoms with van der Waals surface area (Å²) in [4.78, 5) is 11.5. The smallest absolute Gasteiger partial charge is 0.256 e. The first kappa shape index (κ1) is 11.6. The number of carbonyl (C=O) groups excluding carboxylic acids is 1. The second-order valence-corrected chi connectivity index (χ2v) is 3.52. The van der Waals surface area contributed by atoms with Crippen LogP contribution in [0.15, 0.2) is 40.5 Å². The maximum Gasteiger partial charge on any atom is 0.256 e. The van der Waals surface area contributed by atoms with E-state index in [4.69, 9.17) is 28.5 Å². The van der Waals surface area contributed by atoms with Gasteiger partial charge in [-0.2, -0.15) is 5.26 Å². The molecule has 1 rings (SSSR count). The Balaban J connectivity index is 2.83. The van der Waals surface area contributed by atoms with Gasteiger partial charge in [0.1, 0.15) is 10.6 Å².